The van der Waals surface area contributed by atoms with Gasteiger partial charge >= 0.3 is 0 Å². The number of hydrogen-bond acceptors (Lipinski definition) is 4. The van der Waals surface area contributed by atoms with Gasteiger partial charge in [-0.25, -0.2) is 0 Å². The molecule has 0 radical (unpaired) electrons. The van der Waals surface area contributed by atoms with Crippen LogP contribution in [0.5, 0.6) is 11.5 Å². The van der Waals surface area contributed by atoms with Gasteiger partial charge in [-0.05, 0) is 32.4 Å². The van der Waals surface area contributed by atoms with E-state index in [-0.39, 0.29) is 12.5 Å². The third-order valence-electron chi connectivity index (χ3n) is 2.81. The lowest BCUT2D eigenvalue weighted by Crippen LogP contribution is -2.33. The Morgan fingerprint density at radius 3 is 2.45 bits per heavy atom. The minimum Gasteiger partial charge on any atom is -0.490 e. The van der Waals surface area contributed by atoms with Gasteiger partial charge in [0, 0.05) is 13.6 Å². The van der Waals surface area contributed by atoms with Crippen LogP contribution in [0.15, 0.2) is 24.3 Å². The van der Waals surface area contributed by atoms with Crippen LogP contribution in [0.2, 0.25) is 0 Å². The van der Waals surface area contributed by atoms with Gasteiger partial charge in [-0.2, -0.15) is 0 Å². The van der Waals surface area contributed by atoms with E-state index in [0.29, 0.717) is 31.1 Å². The summed E-state index contributed by atoms with van der Waals surface area (Å²) in [7, 11) is 1.70. The highest BCUT2D eigenvalue weighted by atomic mass is 16.5. The first kappa shape index (κ1) is 16.3. The molecule has 5 nitrogen and oxygen atoms in total. The minimum atomic E-state index is -0.412. The molecular weight excluding hydrogens is 258 g/mol. The standard InChI is InChI=1S/C15H23NO4/c1-4-19-13-7-5-6-8-14(13)20-11-15(18)16(3)10-9-12(2)17/h5-8,12,17H,4,9-11H2,1-3H3. The van der Waals surface area contributed by atoms with Gasteiger partial charge in [-0.15, -0.1) is 0 Å². The van der Waals surface area contributed by atoms with Gasteiger partial charge in [0.25, 0.3) is 5.91 Å². The van der Waals surface area contributed by atoms with E-state index in [4.69, 9.17) is 9.47 Å². The highest BCUT2D eigenvalue weighted by Crippen LogP contribution is 2.26. The monoisotopic (exact) mass is 281 g/mol. The fourth-order valence-corrected chi connectivity index (χ4v) is 1.60. The lowest BCUT2D eigenvalue weighted by atomic mass is 10.3. The Morgan fingerprint density at radius 2 is 1.90 bits per heavy atom. The molecule has 1 amide bonds. The molecule has 1 aromatic rings. The first-order valence-electron chi connectivity index (χ1n) is 6.81. The summed E-state index contributed by atoms with van der Waals surface area (Å²) in [5.74, 6) is 1.07. The van der Waals surface area contributed by atoms with Crippen molar-refractivity contribution in [3.8, 4) is 11.5 Å². The number of carbonyl (C=O) groups excluding carboxylic acids is 1. The summed E-state index contributed by atoms with van der Waals surface area (Å²) in [6.07, 6.45) is 0.141. The lowest BCUT2D eigenvalue weighted by molar-refractivity contribution is -0.132. The van der Waals surface area contributed by atoms with Gasteiger partial charge in [-0.3, -0.25) is 4.79 Å². The van der Waals surface area contributed by atoms with Crippen LogP contribution in [-0.4, -0.2) is 48.8 Å². The third kappa shape index (κ3) is 5.48. The lowest BCUT2D eigenvalue weighted by Gasteiger charge is -2.18. The molecule has 0 fully saturated rings. The summed E-state index contributed by atoms with van der Waals surface area (Å²) in [6.45, 7) is 4.61. The zero-order valence-corrected chi connectivity index (χ0v) is 12.3. The Morgan fingerprint density at radius 1 is 1.30 bits per heavy atom. The van der Waals surface area contributed by atoms with Crippen LogP contribution in [0.4, 0.5) is 0 Å². The number of likely N-dealkylation sites (N-methyl/N-ethyl adjacent to an activating group) is 1. The molecule has 5 heteroatoms. The Balaban J connectivity index is 2.48. The molecule has 0 aliphatic carbocycles. The molecule has 0 saturated heterocycles. The molecule has 1 aromatic carbocycles. The van der Waals surface area contributed by atoms with Crippen molar-refractivity contribution in [1.29, 1.82) is 0 Å². The Bertz CT molecular complexity index is 420. The Kier molecular flexibility index (Phi) is 6.87. The maximum atomic E-state index is 11.9. The molecule has 1 unspecified atom stereocenters. The number of amides is 1. The molecule has 1 N–H and O–H groups in total. The number of nitrogens with zero attached hydrogens (tertiary/aromatic N) is 1. The molecule has 0 heterocycles. The molecule has 20 heavy (non-hydrogen) atoms. The second kappa shape index (κ2) is 8.43. The van der Waals surface area contributed by atoms with E-state index >= 15 is 0 Å². The number of rotatable bonds is 8. The normalized spacial score (nSPS) is 11.8. The molecule has 1 rings (SSSR count). The van der Waals surface area contributed by atoms with Gasteiger partial charge in [0.15, 0.2) is 18.1 Å². The Hall–Kier alpha value is -1.75. The van der Waals surface area contributed by atoms with Crippen molar-refractivity contribution in [2.45, 2.75) is 26.4 Å². The highest BCUT2D eigenvalue weighted by Gasteiger charge is 2.12. The third-order valence-corrected chi connectivity index (χ3v) is 2.81. The van der Waals surface area contributed by atoms with Crippen molar-refractivity contribution in [3.05, 3.63) is 24.3 Å². The number of carbonyl (C=O) groups is 1. The summed E-state index contributed by atoms with van der Waals surface area (Å²) in [6, 6.07) is 7.27. The van der Waals surface area contributed by atoms with Crippen LogP contribution in [0.25, 0.3) is 0 Å². The average Bonchev–Trinajstić information content (AvgIpc) is 2.43. The Labute approximate surface area is 120 Å². The first-order chi connectivity index (χ1) is 9.54. The van der Waals surface area contributed by atoms with E-state index in [1.54, 1.807) is 31.0 Å². The van der Waals surface area contributed by atoms with Crippen molar-refractivity contribution in [2.75, 3.05) is 26.8 Å². The quantitative estimate of drug-likeness (QED) is 0.788. The van der Waals surface area contributed by atoms with Gasteiger partial charge in [0.2, 0.25) is 0 Å². The molecule has 0 aliphatic rings. The van der Waals surface area contributed by atoms with E-state index < -0.39 is 6.10 Å². The number of ether oxygens (including phenoxy) is 2. The van der Waals surface area contributed by atoms with Crippen molar-refractivity contribution in [1.82, 2.24) is 4.90 Å². The fraction of sp³-hybridized carbons (Fsp3) is 0.533. The predicted octanol–water partition coefficient (Wildman–Crippen LogP) is 1.69. The summed E-state index contributed by atoms with van der Waals surface area (Å²) >= 11 is 0. The maximum Gasteiger partial charge on any atom is 0.260 e. The molecule has 0 aromatic heterocycles. The number of aliphatic hydroxyl groups is 1. The molecule has 0 aliphatic heterocycles. The topological polar surface area (TPSA) is 59.0 Å². The zero-order valence-electron chi connectivity index (χ0n) is 12.3. The number of para-hydroxylation sites is 2. The summed E-state index contributed by atoms with van der Waals surface area (Å²) in [5.41, 5.74) is 0. The van der Waals surface area contributed by atoms with E-state index in [2.05, 4.69) is 0 Å². The largest absolute Gasteiger partial charge is 0.490 e. The molecule has 1 atom stereocenters. The molecule has 0 bridgehead atoms. The van der Waals surface area contributed by atoms with E-state index in [0.717, 1.165) is 0 Å². The number of hydrogen-bond donors (Lipinski definition) is 1. The van der Waals surface area contributed by atoms with Crippen molar-refractivity contribution in [3.63, 3.8) is 0 Å². The smallest absolute Gasteiger partial charge is 0.260 e. The van der Waals surface area contributed by atoms with Crippen LogP contribution < -0.4 is 9.47 Å². The number of benzene rings is 1. The predicted molar refractivity (Wildman–Crippen MR) is 77.0 cm³/mol. The second-order valence-electron chi connectivity index (χ2n) is 4.62. The maximum absolute atomic E-state index is 11.9. The summed E-state index contributed by atoms with van der Waals surface area (Å²) < 4.78 is 10.9. The van der Waals surface area contributed by atoms with Crippen molar-refractivity contribution in [2.24, 2.45) is 0 Å². The van der Waals surface area contributed by atoms with Crippen molar-refractivity contribution < 1.29 is 19.4 Å². The molecule has 0 spiro atoms. The van der Waals surface area contributed by atoms with E-state index in [1.807, 2.05) is 19.1 Å². The van der Waals surface area contributed by atoms with E-state index in [1.165, 1.54) is 0 Å². The minimum absolute atomic E-state index is 0.0413. The van der Waals surface area contributed by atoms with Crippen LogP contribution >= 0.6 is 0 Å². The van der Waals surface area contributed by atoms with Crippen LogP contribution in [-0.2, 0) is 4.79 Å². The SMILES string of the molecule is CCOc1ccccc1OCC(=O)N(C)CCC(C)O. The van der Waals surface area contributed by atoms with Crippen LogP contribution in [0.3, 0.4) is 0 Å². The van der Waals surface area contributed by atoms with Gasteiger partial charge in [0.05, 0.1) is 12.7 Å². The van der Waals surface area contributed by atoms with Gasteiger partial charge in [0.1, 0.15) is 0 Å². The molecular formula is C15H23NO4. The molecule has 0 saturated carbocycles. The number of aliphatic hydroxyl groups excluding tert-OH is 1. The van der Waals surface area contributed by atoms with Crippen LogP contribution in [0.1, 0.15) is 20.3 Å². The van der Waals surface area contributed by atoms with Gasteiger partial charge < -0.3 is 19.5 Å². The summed E-state index contributed by atoms with van der Waals surface area (Å²) in [5, 5.41) is 9.20. The van der Waals surface area contributed by atoms with Crippen molar-refractivity contribution >= 4 is 5.91 Å². The second-order valence-corrected chi connectivity index (χ2v) is 4.62. The van der Waals surface area contributed by atoms with E-state index in [9.17, 15) is 9.90 Å². The van der Waals surface area contributed by atoms with Crippen LogP contribution in [0, 0.1) is 0 Å². The average molecular weight is 281 g/mol. The molecule has 112 valence electrons. The highest BCUT2D eigenvalue weighted by molar-refractivity contribution is 5.77. The zero-order chi connectivity index (χ0) is 15.0. The summed E-state index contributed by atoms with van der Waals surface area (Å²) in [4.78, 5) is 13.4. The first-order valence-corrected chi connectivity index (χ1v) is 6.81. The van der Waals surface area contributed by atoms with Gasteiger partial charge in [-0.1, -0.05) is 12.1 Å². The fourth-order valence-electron chi connectivity index (χ4n) is 1.60.